The molecule has 0 saturated carbocycles. The Kier molecular flexibility index (Phi) is 11.7. The van der Waals surface area contributed by atoms with Crippen molar-refractivity contribution in [2.75, 3.05) is 19.8 Å². The zero-order valence-electron chi connectivity index (χ0n) is 22.4. The predicted molar refractivity (Wildman–Crippen MR) is 132 cm³/mol. The Morgan fingerprint density at radius 2 is 1.12 bits per heavy atom. The highest BCUT2D eigenvalue weighted by atomic mass is 17.2. The van der Waals surface area contributed by atoms with Crippen LogP contribution in [0.1, 0.15) is 10.4 Å². The number of aliphatic hydroxyl groups excluding tert-OH is 10. The van der Waals surface area contributed by atoms with Gasteiger partial charge in [0.1, 0.15) is 67.1 Å². The van der Waals surface area contributed by atoms with Crippen molar-refractivity contribution in [2.45, 2.75) is 92.1 Å². The first-order chi connectivity index (χ1) is 20.5. The zero-order valence-corrected chi connectivity index (χ0v) is 22.4. The van der Waals surface area contributed by atoms with Crippen LogP contribution in [0.5, 0.6) is 0 Å². The van der Waals surface area contributed by atoms with E-state index in [2.05, 4.69) is 0 Å². The van der Waals surface area contributed by atoms with E-state index in [1.807, 2.05) is 0 Å². The molecule has 0 bridgehead atoms. The fourth-order valence-electron chi connectivity index (χ4n) is 4.87. The van der Waals surface area contributed by atoms with Crippen molar-refractivity contribution in [3.63, 3.8) is 0 Å². The molecule has 3 heterocycles. The predicted octanol–water partition coefficient (Wildman–Crippen LogP) is -5.78. The molecule has 1 aromatic rings. The van der Waals surface area contributed by atoms with Crippen molar-refractivity contribution in [3.05, 3.63) is 35.9 Å². The van der Waals surface area contributed by atoms with Gasteiger partial charge in [0.25, 0.3) is 0 Å². The Morgan fingerprint density at radius 3 is 1.72 bits per heavy atom. The molecule has 3 aliphatic heterocycles. The van der Waals surface area contributed by atoms with E-state index >= 15 is 0 Å². The van der Waals surface area contributed by atoms with Crippen LogP contribution in [0.2, 0.25) is 0 Å². The van der Waals surface area contributed by atoms with Crippen LogP contribution in [0.3, 0.4) is 0 Å². The highest BCUT2D eigenvalue weighted by Gasteiger charge is 2.54. The van der Waals surface area contributed by atoms with Gasteiger partial charge in [0.05, 0.1) is 25.4 Å². The van der Waals surface area contributed by atoms with Crippen LogP contribution in [0.25, 0.3) is 0 Å². The molecule has 3 aliphatic rings. The van der Waals surface area contributed by atoms with Crippen molar-refractivity contribution in [1.82, 2.24) is 0 Å². The first-order valence-electron chi connectivity index (χ1n) is 13.3. The second kappa shape index (κ2) is 14.9. The highest BCUT2D eigenvalue weighted by molar-refractivity contribution is 5.88. The molecule has 4 rings (SSSR count). The molecule has 0 spiro atoms. The summed E-state index contributed by atoms with van der Waals surface area (Å²) >= 11 is 0. The molecule has 244 valence electrons. The molecular formula is C25H36O18. The summed E-state index contributed by atoms with van der Waals surface area (Å²) in [6, 6.07) is 7.57. The van der Waals surface area contributed by atoms with Crippen LogP contribution in [0.15, 0.2) is 30.3 Å². The van der Waals surface area contributed by atoms with E-state index in [9.17, 15) is 55.9 Å². The lowest BCUT2D eigenvalue weighted by Gasteiger charge is -2.48. The molecule has 0 radical (unpaired) electrons. The molecule has 18 heteroatoms. The Hall–Kier alpha value is -1.95. The summed E-state index contributed by atoms with van der Waals surface area (Å²) < 4.78 is 27.2. The SMILES string of the molecule is O=C(OO[C@H]1[C@@H](O[C@H]2[C@H](O)[C@@H](O)[C@@H](O[C@H]3[C@H](O)[C@@H](O)C(O)O[C@@H]3CO)O[C@@H]2CO)O[C@H](CO)[C@@H](O)[C@@H]1O)c1ccccc1. The number of rotatable bonds is 10. The summed E-state index contributed by atoms with van der Waals surface area (Å²) in [5.74, 6) is -0.984. The molecule has 15 atom stereocenters. The standard InChI is InChI=1S/C25H36O18/c26-6-10-13(29)14(30)21(42-43-22(35)9-4-2-1-3-5-9)25(38-10)41-20-12(8-28)39-24(18(34)16(20)32)40-19-11(7-27)37-23(36)17(33)15(19)31/h1-5,10-21,23-34,36H,6-8H2/t10-,11-,12-,13-,14+,15-,16-,17-,18-,19-,20-,21-,23?,24-,25-/m1/s1. The summed E-state index contributed by atoms with van der Waals surface area (Å²) in [6.45, 7) is -2.47. The summed E-state index contributed by atoms with van der Waals surface area (Å²) in [6.07, 6.45) is -26.1. The van der Waals surface area contributed by atoms with E-state index in [-0.39, 0.29) is 5.56 Å². The lowest BCUT2D eigenvalue weighted by atomic mass is 9.96. The molecule has 3 fully saturated rings. The number of benzene rings is 1. The molecule has 3 saturated heterocycles. The van der Waals surface area contributed by atoms with E-state index in [0.717, 1.165) is 0 Å². The first-order valence-corrected chi connectivity index (χ1v) is 13.3. The molecule has 10 N–H and O–H groups in total. The van der Waals surface area contributed by atoms with E-state index < -0.39 is 118 Å². The summed E-state index contributed by atoms with van der Waals surface area (Å²) in [5.41, 5.74) is 0.0736. The lowest BCUT2D eigenvalue weighted by Crippen LogP contribution is -2.66. The largest absolute Gasteiger partial charge is 0.394 e. The van der Waals surface area contributed by atoms with Crippen molar-refractivity contribution >= 4 is 5.97 Å². The van der Waals surface area contributed by atoms with E-state index in [4.69, 9.17) is 33.5 Å². The van der Waals surface area contributed by atoms with Crippen LogP contribution < -0.4 is 0 Å². The third kappa shape index (κ3) is 7.31. The fraction of sp³-hybridized carbons (Fsp3) is 0.720. The maximum Gasteiger partial charge on any atom is 0.373 e. The quantitative estimate of drug-likeness (QED) is 0.0857. The summed E-state index contributed by atoms with van der Waals surface area (Å²) in [7, 11) is 0. The zero-order chi connectivity index (χ0) is 31.4. The van der Waals surface area contributed by atoms with Gasteiger partial charge in [-0.15, -0.1) is 0 Å². The second-order valence-corrected chi connectivity index (χ2v) is 10.1. The van der Waals surface area contributed by atoms with Gasteiger partial charge in [-0.3, -0.25) is 4.89 Å². The van der Waals surface area contributed by atoms with Crippen LogP contribution in [-0.2, 0) is 33.5 Å². The monoisotopic (exact) mass is 624 g/mol. The van der Waals surface area contributed by atoms with Crippen LogP contribution in [-0.4, -0.2) is 169 Å². The molecule has 0 amide bonds. The van der Waals surface area contributed by atoms with Gasteiger partial charge in [0, 0.05) is 0 Å². The van der Waals surface area contributed by atoms with E-state index in [1.165, 1.54) is 12.1 Å². The van der Waals surface area contributed by atoms with Crippen LogP contribution in [0, 0.1) is 0 Å². The number of hydrogen-bond donors (Lipinski definition) is 10. The smallest absolute Gasteiger partial charge is 0.373 e. The molecule has 0 aromatic heterocycles. The fourth-order valence-corrected chi connectivity index (χ4v) is 4.87. The highest BCUT2D eigenvalue weighted by Crippen LogP contribution is 2.33. The minimum absolute atomic E-state index is 0.0736. The van der Waals surface area contributed by atoms with E-state index in [0.29, 0.717) is 0 Å². The van der Waals surface area contributed by atoms with Gasteiger partial charge < -0.3 is 74.7 Å². The van der Waals surface area contributed by atoms with Gasteiger partial charge in [-0.05, 0) is 12.1 Å². The van der Waals surface area contributed by atoms with E-state index in [1.54, 1.807) is 18.2 Å². The Morgan fingerprint density at radius 1 is 0.605 bits per heavy atom. The third-order valence-corrected chi connectivity index (χ3v) is 7.31. The minimum atomic E-state index is -1.98. The number of carbonyl (C=O) groups excluding carboxylic acids is 1. The number of ether oxygens (including phenoxy) is 5. The maximum absolute atomic E-state index is 12.4. The topological polar surface area (TPSA) is 284 Å². The normalized spacial score (nSPS) is 43.7. The maximum atomic E-state index is 12.4. The molecule has 18 nitrogen and oxygen atoms in total. The van der Waals surface area contributed by atoms with Gasteiger partial charge in [-0.2, -0.15) is 4.89 Å². The molecular weight excluding hydrogens is 588 g/mol. The Labute approximate surface area is 243 Å². The average Bonchev–Trinajstić information content (AvgIpc) is 3.02. The number of aliphatic hydroxyl groups is 10. The third-order valence-electron chi connectivity index (χ3n) is 7.31. The van der Waals surface area contributed by atoms with Gasteiger partial charge in [0.15, 0.2) is 25.0 Å². The van der Waals surface area contributed by atoms with Crippen LogP contribution in [0.4, 0.5) is 0 Å². The van der Waals surface area contributed by atoms with Gasteiger partial charge in [0.2, 0.25) is 0 Å². The molecule has 0 aliphatic carbocycles. The van der Waals surface area contributed by atoms with Crippen molar-refractivity contribution in [3.8, 4) is 0 Å². The van der Waals surface area contributed by atoms with Crippen LogP contribution >= 0.6 is 0 Å². The van der Waals surface area contributed by atoms with Gasteiger partial charge in [-0.25, -0.2) is 4.79 Å². The molecule has 43 heavy (non-hydrogen) atoms. The van der Waals surface area contributed by atoms with Crippen molar-refractivity contribution in [2.24, 2.45) is 0 Å². The first kappa shape index (κ1) is 33.9. The Bertz CT molecular complexity index is 1010. The van der Waals surface area contributed by atoms with Gasteiger partial charge in [-0.1, -0.05) is 18.2 Å². The second-order valence-electron chi connectivity index (χ2n) is 10.1. The summed E-state index contributed by atoms with van der Waals surface area (Å²) in [4.78, 5) is 22.2. The lowest BCUT2D eigenvalue weighted by molar-refractivity contribution is -0.407. The van der Waals surface area contributed by atoms with Crippen molar-refractivity contribution < 1.29 is 89.3 Å². The molecule has 1 aromatic carbocycles. The summed E-state index contributed by atoms with van der Waals surface area (Å²) in [5, 5.41) is 102. The van der Waals surface area contributed by atoms with Crippen molar-refractivity contribution in [1.29, 1.82) is 0 Å². The number of carbonyl (C=O) groups is 1. The van der Waals surface area contributed by atoms with Gasteiger partial charge >= 0.3 is 5.97 Å². The number of hydrogen-bond acceptors (Lipinski definition) is 18. The minimum Gasteiger partial charge on any atom is -0.394 e. The molecule has 1 unspecified atom stereocenters. The Balaban J connectivity index is 1.49. The average molecular weight is 625 g/mol.